The van der Waals surface area contributed by atoms with Gasteiger partial charge in [0.05, 0.1) is 0 Å². The molecule has 1 aromatic rings. The van der Waals surface area contributed by atoms with Crippen molar-refractivity contribution in [1.82, 2.24) is 5.48 Å². The Morgan fingerprint density at radius 3 is 2.62 bits per heavy atom. The topological polar surface area (TPSA) is 32.3 Å². The zero-order valence-corrected chi connectivity index (χ0v) is 6.60. The Morgan fingerprint density at radius 1 is 1.38 bits per heavy atom. The van der Waals surface area contributed by atoms with Crippen LogP contribution in [0.15, 0.2) is 18.2 Å². The molecule has 5 heteroatoms. The Bertz CT molecular complexity index is 291. The van der Waals surface area contributed by atoms with Crippen LogP contribution in [0, 0.1) is 5.82 Å². The Morgan fingerprint density at radius 2 is 2.08 bits per heavy atom. The van der Waals surface area contributed by atoms with Crippen LogP contribution < -0.4 is 5.48 Å². The lowest BCUT2D eigenvalue weighted by Crippen LogP contribution is -2.08. The molecule has 0 aliphatic heterocycles. The van der Waals surface area contributed by atoms with Crippen LogP contribution in [0.5, 0.6) is 0 Å². The summed E-state index contributed by atoms with van der Waals surface area (Å²) in [6.45, 7) is -0.188. The van der Waals surface area contributed by atoms with Crippen LogP contribution in [0.2, 0.25) is 0 Å². The molecular formula is C8H8F3NO. The van der Waals surface area contributed by atoms with Crippen molar-refractivity contribution < 1.29 is 18.4 Å². The molecule has 0 aromatic heterocycles. The highest BCUT2D eigenvalue weighted by Crippen LogP contribution is 2.21. The van der Waals surface area contributed by atoms with Gasteiger partial charge < -0.3 is 5.21 Å². The lowest BCUT2D eigenvalue weighted by molar-refractivity contribution is 0.149. The molecule has 72 valence electrons. The minimum atomic E-state index is -2.63. The smallest absolute Gasteiger partial charge is 0.263 e. The highest BCUT2D eigenvalue weighted by Gasteiger charge is 2.09. The third-order valence-electron chi connectivity index (χ3n) is 1.59. The summed E-state index contributed by atoms with van der Waals surface area (Å²) in [5.41, 5.74) is 1.46. The van der Waals surface area contributed by atoms with Crippen LogP contribution in [0.3, 0.4) is 0 Å². The van der Waals surface area contributed by atoms with E-state index in [1.807, 2.05) is 0 Å². The van der Waals surface area contributed by atoms with Crippen molar-refractivity contribution in [3.8, 4) is 0 Å². The van der Waals surface area contributed by atoms with E-state index >= 15 is 0 Å². The number of nitrogens with one attached hydrogen (secondary N) is 1. The fourth-order valence-corrected chi connectivity index (χ4v) is 0.951. The van der Waals surface area contributed by atoms with Crippen molar-refractivity contribution in [2.45, 2.75) is 13.0 Å². The quantitative estimate of drug-likeness (QED) is 0.718. The van der Waals surface area contributed by atoms with Gasteiger partial charge in [-0.25, -0.2) is 18.7 Å². The van der Waals surface area contributed by atoms with E-state index in [0.717, 1.165) is 18.2 Å². The highest BCUT2D eigenvalue weighted by atomic mass is 19.3. The minimum Gasteiger partial charge on any atom is -0.316 e. The molecule has 2 nitrogen and oxygen atoms in total. The predicted molar refractivity (Wildman–Crippen MR) is 40.0 cm³/mol. The first-order valence-electron chi connectivity index (χ1n) is 3.58. The van der Waals surface area contributed by atoms with Crippen molar-refractivity contribution >= 4 is 0 Å². The number of hydroxylamine groups is 1. The van der Waals surface area contributed by atoms with Gasteiger partial charge >= 0.3 is 0 Å². The Balaban J connectivity index is 2.97. The monoisotopic (exact) mass is 191 g/mol. The minimum absolute atomic E-state index is 0.0142. The van der Waals surface area contributed by atoms with E-state index in [1.54, 1.807) is 5.48 Å². The third kappa shape index (κ3) is 2.43. The molecular weight excluding hydrogens is 183 g/mol. The Kier molecular flexibility index (Phi) is 3.27. The van der Waals surface area contributed by atoms with E-state index in [-0.39, 0.29) is 17.7 Å². The number of hydrogen-bond donors (Lipinski definition) is 2. The molecule has 1 aromatic carbocycles. The first-order chi connectivity index (χ1) is 6.15. The SMILES string of the molecule is ONCc1cc(C(F)F)ccc1F. The van der Waals surface area contributed by atoms with Crippen molar-refractivity contribution in [1.29, 1.82) is 0 Å². The average molecular weight is 191 g/mol. The molecule has 0 bridgehead atoms. The van der Waals surface area contributed by atoms with Gasteiger partial charge in [-0.1, -0.05) is 6.07 Å². The van der Waals surface area contributed by atoms with Gasteiger partial charge in [0.2, 0.25) is 0 Å². The molecule has 0 spiro atoms. The van der Waals surface area contributed by atoms with Crippen LogP contribution in [0.4, 0.5) is 13.2 Å². The lowest BCUT2D eigenvalue weighted by atomic mass is 10.1. The summed E-state index contributed by atoms with van der Waals surface area (Å²) in [5.74, 6) is -0.619. The number of hydrogen-bond acceptors (Lipinski definition) is 2. The molecule has 0 saturated heterocycles. The van der Waals surface area contributed by atoms with Gasteiger partial charge in [0.1, 0.15) is 5.82 Å². The van der Waals surface area contributed by atoms with Gasteiger partial charge in [0.25, 0.3) is 6.43 Å². The summed E-state index contributed by atoms with van der Waals surface area (Å²) < 4.78 is 37.1. The molecule has 0 unspecified atom stereocenters. The van der Waals surface area contributed by atoms with Crippen molar-refractivity contribution in [3.63, 3.8) is 0 Å². The van der Waals surface area contributed by atoms with Gasteiger partial charge in [-0.2, -0.15) is 0 Å². The normalized spacial score (nSPS) is 10.8. The maximum atomic E-state index is 12.8. The summed E-state index contributed by atoms with van der Waals surface area (Å²) >= 11 is 0. The van der Waals surface area contributed by atoms with E-state index in [2.05, 4.69) is 0 Å². The van der Waals surface area contributed by atoms with Crippen molar-refractivity contribution in [2.75, 3.05) is 0 Å². The molecule has 13 heavy (non-hydrogen) atoms. The van der Waals surface area contributed by atoms with Crippen LogP contribution in [0.25, 0.3) is 0 Å². The van der Waals surface area contributed by atoms with Crippen LogP contribution >= 0.6 is 0 Å². The summed E-state index contributed by atoms with van der Waals surface area (Å²) in [6, 6.07) is 2.98. The fraction of sp³-hybridized carbons (Fsp3) is 0.250. The first-order valence-corrected chi connectivity index (χ1v) is 3.58. The second-order valence-corrected chi connectivity index (χ2v) is 2.49. The maximum absolute atomic E-state index is 12.8. The molecule has 0 saturated carbocycles. The maximum Gasteiger partial charge on any atom is 0.263 e. The van der Waals surface area contributed by atoms with Crippen molar-refractivity contribution in [2.24, 2.45) is 0 Å². The van der Waals surface area contributed by atoms with E-state index in [9.17, 15) is 13.2 Å². The largest absolute Gasteiger partial charge is 0.316 e. The molecule has 2 N–H and O–H groups in total. The number of rotatable bonds is 3. The van der Waals surface area contributed by atoms with E-state index in [4.69, 9.17) is 5.21 Å². The lowest BCUT2D eigenvalue weighted by Gasteiger charge is -2.04. The summed E-state index contributed by atoms with van der Waals surface area (Å²) in [6.07, 6.45) is -2.63. The number of alkyl halides is 2. The molecule has 0 heterocycles. The van der Waals surface area contributed by atoms with E-state index in [1.165, 1.54) is 0 Å². The molecule has 0 fully saturated rings. The Hall–Kier alpha value is -1.07. The van der Waals surface area contributed by atoms with Crippen LogP contribution in [0.1, 0.15) is 17.6 Å². The first kappa shape index (κ1) is 10.0. The second kappa shape index (κ2) is 4.25. The fourth-order valence-electron chi connectivity index (χ4n) is 0.951. The van der Waals surface area contributed by atoms with Gasteiger partial charge in [0, 0.05) is 17.7 Å². The van der Waals surface area contributed by atoms with Gasteiger partial charge in [-0.05, 0) is 12.1 Å². The second-order valence-electron chi connectivity index (χ2n) is 2.49. The number of halogens is 3. The van der Waals surface area contributed by atoms with Crippen molar-refractivity contribution in [3.05, 3.63) is 35.1 Å². The van der Waals surface area contributed by atoms with E-state index < -0.39 is 12.2 Å². The van der Waals surface area contributed by atoms with Crippen LogP contribution in [-0.2, 0) is 6.54 Å². The molecule has 1 rings (SSSR count). The average Bonchev–Trinajstić information content (AvgIpc) is 2.08. The predicted octanol–water partition coefficient (Wildman–Crippen LogP) is 2.24. The van der Waals surface area contributed by atoms with Gasteiger partial charge in [-0.3, -0.25) is 0 Å². The summed E-state index contributed by atoms with van der Waals surface area (Å²) in [5, 5.41) is 8.27. The molecule has 0 amide bonds. The zero-order chi connectivity index (χ0) is 9.84. The Labute approximate surface area is 73.0 Å². The van der Waals surface area contributed by atoms with Crippen LogP contribution in [-0.4, -0.2) is 5.21 Å². The van der Waals surface area contributed by atoms with Gasteiger partial charge in [-0.15, -0.1) is 0 Å². The third-order valence-corrected chi connectivity index (χ3v) is 1.59. The molecule has 0 radical (unpaired) electrons. The summed E-state index contributed by atoms with van der Waals surface area (Å²) in [4.78, 5) is 0. The number of benzene rings is 1. The molecule has 0 atom stereocenters. The van der Waals surface area contributed by atoms with Gasteiger partial charge in [0.15, 0.2) is 0 Å². The zero-order valence-electron chi connectivity index (χ0n) is 6.60. The molecule has 0 aliphatic carbocycles. The summed E-state index contributed by atoms with van der Waals surface area (Å²) in [7, 11) is 0. The van der Waals surface area contributed by atoms with E-state index in [0.29, 0.717) is 0 Å². The molecule has 0 aliphatic rings. The standard InChI is InChI=1S/C8H8F3NO/c9-7-2-1-5(8(10)11)3-6(7)4-12-13/h1-3,8,12-13H,4H2. The highest BCUT2D eigenvalue weighted by molar-refractivity contribution is 5.25.